The van der Waals surface area contributed by atoms with Crippen LogP contribution in [0.2, 0.25) is 0 Å². The molecule has 2 aromatic rings. The van der Waals surface area contributed by atoms with Crippen LogP contribution in [0.15, 0.2) is 59.1 Å². The molecule has 0 saturated carbocycles. The van der Waals surface area contributed by atoms with Gasteiger partial charge < -0.3 is 14.7 Å². The van der Waals surface area contributed by atoms with Crippen LogP contribution in [0, 0.1) is 0 Å². The Morgan fingerprint density at radius 1 is 1.15 bits per heavy atom. The standard InChI is InChI=1S/C21H24BrNO3/c1-20(2,25)14-21(17-6-4-3-5-7-17)15-23(19(24)26-21)13-12-16-8-10-18(22)11-9-16/h3-11,25H,12-15H2,1-2H3/t21-/m1/s1. The molecule has 0 spiro atoms. The van der Waals surface area contributed by atoms with Gasteiger partial charge >= 0.3 is 6.09 Å². The molecule has 0 radical (unpaired) electrons. The fraction of sp³-hybridized carbons (Fsp3) is 0.381. The van der Waals surface area contributed by atoms with Gasteiger partial charge in [0.1, 0.15) is 0 Å². The lowest BCUT2D eigenvalue weighted by molar-refractivity contribution is -0.0326. The van der Waals surface area contributed by atoms with Crippen molar-refractivity contribution >= 4 is 22.0 Å². The van der Waals surface area contributed by atoms with Crippen molar-refractivity contribution in [1.82, 2.24) is 4.90 Å². The number of carbonyl (C=O) groups is 1. The van der Waals surface area contributed by atoms with E-state index in [4.69, 9.17) is 4.74 Å². The number of carbonyl (C=O) groups excluding carboxylic acids is 1. The van der Waals surface area contributed by atoms with Crippen LogP contribution >= 0.6 is 15.9 Å². The first-order valence-electron chi connectivity index (χ1n) is 8.78. The van der Waals surface area contributed by atoms with Crippen molar-refractivity contribution in [3.8, 4) is 0 Å². The molecule has 0 unspecified atom stereocenters. The van der Waals surface area contributed by atoms with E-state index in [0.717, 1.165) is 16.5 Å². The quantitative estimate of drug-likeness (QED) is 0.752. The molecule has 138 valence electrons. The summed E-state index contributed by atoms with van der Waals surface area (Å²) in [5.41, 5.74) is 0.316. The van der Waals surface area contributed by atoms with Gasteiger partial charge in [-0.15, -0.1) is 0 Å². The summed E-state index contributed by atoms with van der Waals surface area (Å²) in [7, 11) is 0. The number of halogens is 1. The van der Waals surface area contributed by atoms with Gasteiger partial charge in [-0.25, -0.2) is 4.79 Å². The van der Waals surface area contributed by atoms with E-state index < -0.39 is 11.2 Å². The highest BCUT2D eigenvalue weighted by atomic mass is 79.9. The summed E-state index contributed by atoms with van der Waals surface area (Å²) in [4.78, 5) is 14.3. The third-order valence-electron chi connectivity index (χ3n) is 4.59. The van der Waals surface area contributed by atoms with Crippen LogP contribution in [0.3, 0.4) is 0 Å². The van der Waals surface area contributed by atoms with Gasteiger partial charge in [0.15, 0.2) is 5.60 Å². The number of nitrogens with zero attached hydrogens (tertiary/aromatic N) is 1. The topological polar surface area (TPSA) is 49.8 Å². The second-order valence-electron chi connectivity index (χ2n) is 7.52. The lowest BCUT2D eigenvalue weighted by Gasteiger charge is -2.33. The van der Waals surface area contributed by atoms with Gasteiger partial charge in [0, 0.05) is 17.4 Å². The van der Waals surface area contributed by atoms with Crippen LogP contribution in [0.25, 0.3) is 0 Å². The van der Waals surface area contributed by atoms with Crippen molar-refractivity contribution in [2.24, 2.45) is 0 Å². The van der Waals surface area contributed by atoms with Gasteiger partial charge in [0.05, 0.1) is 12.1 Å². The predicted octanol–water partition coefficient (Wildman–Crippen LogP) is 4.50. The fourth-order valence-electron chi connectivity index (χ4n) is 3.51. The Morgan fingerprint density at radius 3 is 2.42 bits per heavy atom. The maximum absolute atomic E-state index is 12.5. The minimum Gasteiger partial charge on any atom is -0.436 e. The monoisotopic (exact) mass is 417 g/mol. The molecule has 0 bridgehead atoms. The number of hydrogen-bond donors (Lipinski definition) is 1. The SMILES string of the molecule is CC(C)(O)C[C@]1(c2ccccc2)CN(CCc2ccc(Br)cc2)C(=O)O1. The Labute approximate surface area is 162 Å². The molecule has 1 heterocycles. The molecule has 4 nitrogen and oxygen atoms in total. The summed E-state index contributed by atoms with van der Waals surface area (Å²) in [5, 5.41) is 10.4. The van der Waals surface area contributed by atoms with Crippen LogP contribution in [0.5, 0.6) is 0 Å². The Morgan fingerprint density at radius 2 is 1.81 bits per heavy atom. The number of benzene rings is 2. The first-order chi connectivity index (χ1) is 12.3. The molecule has 5 heteroatoms. The first-order valence-corrected chi connectivity index (χ1v) is 9.57. The summed E-state index contributed by atoms with van der Waals surface area (Å²) < 4.78 is 6.89. The van der Waals surface area contributed by atoms with Crippen molar-refractivity contribution in [3.63, 3.8) is 0 Å². The van der Waals surface area contributed by atoms with E-state index in [-0.39, 0.29) is 6.09 Å². The van der Waals surface area contributed by atoms with Gasteiger partial charge in [-0.05, 0) is 43.5 Å². The molecule has 1 N–H and O–H groups in total. The molecular weight excluding hydrogens is 394 g/mol. The van der Waals surface area contributed by atoms with E-state index in [0.29, 0.717) is 19.5 Å². The summed E-state index contributed by atoms with van der Waals surface area (Å²) in [6, 6.07) is 17.8. The third-order valence-corrected chi connectivity index (χ3v) is 5.12. The average molecular weight is 418 g/mol. The van der Waals surface area contributed by atoms with E-state index in [1.165, 1.54) is 5.56 Å². The molecular formula is C21H24BrNO3. The second kappa shape index (κ2) is 7.41. The van der Waals surface area contributed by atoms with E-state index >= 15 is 0 Å². The Bertz CT molecular complexity index is 755. The second-order valence-corrected chi connectivity index (χ2v) is 8.43. The summed E-state index contributed by atoms with van der Waals surface area (Å²) in [6.45, 7) is 4.52. The Kier molecular flexibility index (Phi) is 5.39. The summed E-state index contributed by atoms with van der Waals surface area (Å²) in [5.74, 6) is 0. The average Bonchev–Trinajstić information content (AvgIpc) is 2.90. The maximum atomic E-state index is 12.5. The fourth-order valence-corrected chi connectivity index (χ4v) is 3.77. The molecule has 3 rings (SSSR count). The molecule has 2 aromatic carbocycles. The number of rotatable bonds is 6. The minimum atomic E-state index is -0.947. The zero-order valence-electron chi connectivity index (χ0n) is 15.1. The molecule has 1 aliphatic rings. The summed E-state index contributed by atoms with van der Waals surface area (Å²) >= 11 is 3.43. The lowest BCUT2D eigenvalue weighted by Crippen LogP contribution is -2.39. The number of ether oxygens (including phenoxy) is 1. The smallest absolute Gasteiger partial charge is 0.410 e. The van der Waals surface area contributed by atoms with Crippen LogP contribution in [-0.2, 0) is 16.8 Å². The number of amides is 1. The Balaban J connectivity index is 1.78. The van der Waals surface area contributed by atoms with Crippen LogP contribution < -0.4 is 0 Å². The van der Waals surface area contributed by atoms with Gasteiger partial charge in [0.25, 0.3) is 0 Å². The molecule has 1 saturated heterocycles. The molecule has 26 heavy (non-hydrogen) atoms. The Hall–Kier alpha value is -1.85. The number of hydrogen-bond acceptors (Lipinski definition) is 3. The normalized spacial score (nSPS) is 20.3. The number of cyclic esters (lactones) is 1. The zero-order valence-corrected chi connectivity index (χ0v) is 16.7. The highest BCUT2D eigenvalue weighted by Gasteiger charge is 2.48. The van der Waals surface area contributed by atoms with Crippen LogP contribution in [0.4, 0.5) is 4.79 Å². The van der Waals surface area contributed by atoms with Crippen molar-refractivity contribution in [2.75, 3.05) is 13.1 Å². The summed E-state index contributed by atoms with van der Waals surface area (Å²) in [6.07, 6.45) is 0.788. The van der Waals surface area contributed by atoms with Crippen LogP contribution in [-0.4, -0.2) is 34.8 Å². The molecule has 1 fully saturated rings. The maximum Gasteiger partial charge on any atom is 0.410 e. The highest BCUT2D eigenvalue weighted by molar-refractivity contribution is 9.10. The number of aliphatic hydroxyl groups is 1. The van der Waals surface area contributed by atoms with Crippen molar-refractivity contribution in [2.45, 2.75) is 37.9 Å². The predicted molar refractivity (Wildman–Crippen MR) is 105 cm³/mol. The van der Waals surface area contributed by atoms with Crippen LogP contribution in [0.1, 0.15) is 31.4 Å². The van der Waals surface area contributed by atoms with E-state index in [1.807, 2.05) is 54.6 Å². The molecule has 0 aromatic heterocycles. The zero-order chi connectivity index (χ0) is 18.8. The van der Waals surface area contributed by atoms with Crippen molar-refractivity contribution < 1.29 is 14.6 Å². The van der Waals surface area contributed by atoms with E-state index in [1.54, 1.807) is 18.7 Å². The largest absolute Gasteiger partial charge is 0.436 e. The third kappa shape index (κ3) is 4.46. The first kappa shape index (κ1) is 18.9. The molecule has 1 atom stereocenters. The van der Waals surface area contributed by atoms with E-state index in [9.17, 15) is 9.90 Å². The van der Waals surface area contributed by atoms with Crippen molar-refractivity contribution in [1.29, 1.82) is 0 Å². The molecule has 0 aliphatic carbocycles. The van der Waals surface area contributed by atoms with Gasteiger partial charge in [0.2, 0.25) is 0 Å². The van der Waals surface area contributed by atoms with Gasteiger partial charge in [-0.3, -0.25) is 0 Å². The van der Waals surface area contributed by atoms with Gasteiger partial charge in [-0.2, -0.15) is 0 Å². The highest BCUT2D eigenvalue weighted by Crippen LogP contribution is 2.39. The lowest BCUT2D eigenvalue weighted by atomic mass is 9.83. The van der Waals surface area contributed by atoms with Gasteiger partial charge in [-0.1, -0.05) is 58.4 Å². The van der Waals surface area contributed by atoms with E-state index in [2.05, 4.69) is 15.9 Å². The molecule has 1 amide bonds. The van der Waals surface area contributed by atoms with Crippen molar-refractivity contribution in [3.05, 3.63) is 70.2 Å². The molecule has 1 aliphatic heterocycles. The minimum absolute atomic E-state index is 0.324.